The molecule has 0 radical (unpaired) electrons. The summed E-state index contributed by atoms with van der Waals surface area (Å²) in [4.78, 5) is 14.6. The van der Waals surface area contributed by atoms with E-state index in [4.69, 9.17) is 11.6 Å². The molecule has 0 aliphatic carbocycles. The number of hydrogen-bond acceptors (Lipinski definition) is 1. The Bertz CT molecular complexity index is 680. The van der Waals surface area contributed by atoms with Crippen LogP contribution in [0.15, 0.2) is 42.5 Å². The fourth-order valence-corrected chi connectivity index (χ4v) is 3.11. The number of fused-ring (bicyclic) bond motifs is 1. The average Bonchev–Trinajstić information content (AvgIpc) is 2.73. The lowest BCUT2D eigenvalue weighted by molar-refractivity contribution is 0.0981. The molecule has 1 aliphatic heterocycles. The Morgan fingerprint density at radius 1 is 1.25 bits per heavy atom. The van der Waals surface area contributed by atoms with E-state index in [9.17, 15) is 4.79 Å². The second-order valence-corrected chi connectivity index (χ2v) is 5.75. The molecule has 0 N–H and O–H groups in total. The summed E-state index contributed by atoms with van der Waals surface area (Å²) in [6, 6.07) is 13.8. The Morgan fingerprint density at radius 3 is 2.75 bits per heavy atom. The highest BCUT2D eigenvalue weighted by Crippen LogP contribution is 2.34. The monoisotopic (exact) mass is 285 g/mol. The van der Waals surface area contributed by atoms with Crippen LogP contribution in [-0.4, -0.2) is 11.9 Å². The summed E-state index contributed by atoms with van der Waals surface area (Å²) in [6.07, 6.45) is 0.894. The summed E-state index contributed by atoms with van der Waals surface area (Å²) >= 11 is 6.23. The van der Waals surface area contributed by atoms with Gasteiger partial charge in [0.05, 0.1) is 10.6 Å². The highest BCUT2D eigenvalue weighted by molar-refractivity contribution is 6.34. The number of nitrogens with zero attached hydrogens (tertiary/aromatic N) is 1. The number of rotatable bonds is 1. The molecule has 2 aromatic carbocycles. The molecule has 0 aromatic heterocycles. The molecule has 0 unspecified atom stereocenters. The quantitative estimate of drug-likeness (QED) is 0.767. The second-order valence-electron chi connectivity index (χ2n) is 5.34. The Hall–Kier alpha value is -1.80. The van der Waals surface area contributed by atoms with Crippen LogP contribution in [0.25, 0.3) is 0 Å². The molecule has 0 spiro atoms. The third-order valence-corrected chi connectivity index (χ3v) is 4.09. The molecule has 0 saturated carbocycles. The molecule has 1 aliphatic rings. The van der Waals surface area contributed by atoms with E-state index in [2.05, 4.69) is 13.0 Å². The number of para-hydroxylation sites is 1. The van der Waals surface area contributed by atoms with Crippen LogP contribution in [0.4, 0.5) is 5.69 Å². The smallest absolute Gasteiger partial charge is 0.260 e. The molecule has 102 valence electrons. The minimum absolute atomic E-state index is 0.0209. The van der Waals surface area contributed by atoms with Gasteiger partial charge in [-0.1, -0.05) is 35.9 Å². The number of amides is 1. The van der Waals surface area contributed by atoms with Crippen LogP contribution in [0.3, 0.4) is 0 Å². The van der Waals surface area contributed by atoms with Crippen molar-refractivity contribution in [3.8, 4) is 0 Å². The van der Waals surface area contributed by atoms with Gasteiger partial charge in [-0.2, -0.15) is 0 Å². The number of carbonyl (C=O) groups excluding carboxylic acids is 1. The first-order valence-electron chi connectivity index (χ1n) is 6.75. The molecule has 20 heavy (non-hydrogen) atoms. The van der Waals surface area contributed by atoms with Crippen molar-refractivity contribution >= 4 is 23.2 Å². The van der Waals surface area contributed by atoms with Gasteiger partial charge in [0.1, 0.15) is 0 Å². The molecular formula is C17H16ClNO. The van der Waals surface area contributed by atoms with Crippen molar-refractivity contribution in [2.75, 3.05) is 4.90 Å². The molecule has 2 aromatic rings. The molecule has 3 rings (SSSR count). The number of hydrogen-bond donors (Lipinski definition) is 0. The van der Waals surface area contributed by atoms with Crippen LogP contribution in [0.5, 0.6) is 0 Å². The molecular weight excluding hydrogens is 270 g/mol. The SMILES string of the molecule is Cc1ccc(C(=O)N2c3ccccc3C[C@@H]2C)c(Cl)c1. The second kappa shape index (κ2) is 4.95. The predicted octanol–water partition coefficient (Wildman–Crippen LogP) is 4.24. The molecule has 0 fully saturated rings. The van der Waals surface area contributed by atoms with Crippen LogP contribution in [-0.2, 0) is 6.42 Å². The predicted molar refractivity (Wildman–Crippen MR) is 82.6 cm³/mol. The van der Waals surface area contributed by atoms with E-state index in [0.29, 0.717) is 10.6 Å². The van der Waals surface area contributed by atoms with Gasteiger partial charge >= 0.3 is 0 Å². The van der Waals surface area contributed by atoms with Gasteiger partial charge in [-0.05, 0) is 49.6 Å². The first kappa shape index (κ1) is 13.2. The molecule has 1 heterocycles. The third-order valence-electron chi connectivity index (χ3n) is 3.78. The Morgan fingerprint density at radius 2 is 2.00 bits per heavy atom. The summed E-state index contributed by atoms with van der Waals surface area (Å²) in [5, 5.41) is 0.520. The van der Waals surface area contributed by atoms with E-state index in [1.54, 1.807) is 0 Å². The van der Waals surface area contributed by atoms with Gasteiger partial charge in [0, 0.05) is 11.7 Å². The maximum atomic E-state index is 12.8. The fraction of sp³-hybridized carbons (Fsp3) is 0.235. The lowest BCUT2D eigenvalue weighted by Gasteiger charge is -2.23. The summed E-state index contributed by atoms with van der Waals surface area (Å²) in [5.41, 5.74) is 3.85. The molecule has 1 amide bonds. The average molecular weight is 286 g/mol. The van der Waals surface area contributed by atoms with E-state index < -0.39 is 0 Å². The number of aryl methyl sites for hydroxylation is 1. The maximum absolute atomic E-state index is 12.8. The van der Waals surface area contributed by atoms with Gasteiger partial charge in [-0.25, -0.2) is 0 Å². The largest absolute Gasteiger partial charge is 0.305 e. The van der Waals surface area contributed by atoms with Crippen LogP contribution in [0.1, 0.15) is 28.4 Å². The van der Waals surface area contributed by atoms with Crippen molar-refractivity contribution in [2.45, 2.75) is 26.3 Å². The number of halogens is 1. The van der Waals surface area contributed by atoms with E-state index in [1.165, 1.54) is 5.56 Å². The lowest BCUT2D eigenvalue weighted by atomic mass is 10.1. The van der Waals surface area contributed by atoms with Gasteiger partial charge in [0.25, 0.3) is 5.91 Å². The summed E-state index contributed by atoms with van der Waals surface area (Å²) < 4.78 is 0. The van der Waals surface area contributed by atoms with Gasteiger partial charge in [-0.3, -0.25) is 4.79 Å². The first-order chi connectivity index (χ1) is 9.58. The summed E-state index contributed by atoms with van der Waals surface area (Å²) in [7, 11) is 0. The normalized spacial score (nSPS) is 17.1. The highest BCUT2D eigenvalue weighted by Gasteiger charge is 2.31. The maximum Gasteiger partial charge on any atom is 0.260 e. The zero-order valence-electron chi connectivity index (χ0n) is 11.6. The molecule has 0 saturated heterocycles. The summed E-state index contributed by atoms with van der Waals surface area (Å²) in [5.74, 6) is -0.0209. The summed E-state index contributed by atoms with van der Waals surface area (Å²) in [6.45, 7) is 4.04. The van der Waals surface area contributed by atoms with Crippen molar-refractivity contribution in [3.05, 3.63) is 64.2 Å². The van der Waals surface area contributed by atoms with Crippen LogP contribution in [0, 0.1) is 6.92 Å². The van der Waals surface area contributed by atoms with Crippen molar-refractivity contribution in [1.82, 2.24) is 0 Å². The molecule has 0 bridgehead atoms. The standard InChI is InChI=1S/C17H16ClNO/c1-11-7-8-14(15(18)9-11)17(20)19-12(2)10-13-5-3-4-6-16(13)19/h3-9,12H,10H2,1-2H3/t12-/m0/s1. The molecule has 1 atom stereocenters. The van der Waals surface area contributed by atoms with E-state index >= 15 is 0 Å². The third kappa shape index (κ3) is 2.10. The van der Waals surface area contributed by atoms with Gasteiger partial charge in [-0.15, -0.1) is 0 Å². The highest BCUT2D eigenvalue weighted by atomic mass is 35.5. The Labute approximate surface area is 124 Å². The Balaban J connectivity index is 2.03. The van der Waals surface area contributed by atoms with Gasteiger partial charge in [0.2, 0.25) is 0 Å². The van der Waals surface area contributed by atoms with E-state index in [1.807, 2.05) is 48.2 Å². The van der Waals surface area contributed by atoms with Crippen molar-refractivity contribution in [1.29, 1.82) is 0 Å². The van der Waals surface area contributed by atoms with E-state index in [-0.39, 0.29) is 11.9 Å². The number of carbonyl (C=O) groups is 1. The number of benzene rings is 2. The van der Waals surface area contributed by atoms with E-state index in [0.717, 1.165) is 17.7 Å². The molecule has 2 nitrogen and oxygen atoms in total. The number of anilines is 1. The van der Waals surface area contributed by atoms with Gasteiger partial charge < -0.3 is 4.90 Å². The van der Waals surface area contributed by atoms with Crippen molar-refractivity contribution < 1.29 is 4.79 Å². The topological polar surface area (TPSA) is 20.3 Å². The lowest BCUT2D eigenvalue weighted by Crippen LogP contribution is -2.35. The van der Waals surface area contributed by atoms with Crippen LogP contribution >= 0.6 is 11.6 Å². The fourth-order valence-electron chi connectivity index (χ4n) is 2.80. The zero-order chi connectivity index (χ0) is 14.3. The minimum atomic E-state index is -0.0209. The van der Waals surface area contributed by atoms with Crippen LogP contribution in [0.2, 0.25) is 5.02 Å². The molecule has 3 heteroatoms. The Kier molecular flexibility index (Phi) is 3.27. The van der Waals surface area contributed by atoms with Crippen LogP contribution < -0.4 is 4.90 Å². The first-order valence-corrected chi connectivity index (χ1v) is 7.13. The minimum Gasteiger partial charge on any atom is -0.305 e. The van der Waals surface area contributed by atoms with Gasteiger partial charge in [0.15, 0.2) is 0 Å². The van der Waals surface area contributed by atoms with Crippen molar-refractivity contribution in [3.63, 3.8) is 0 Å². The zero-order valence-corrected chi connectivity index (χ0v) is 12.3. The van der Waals surface area contributed by atoms with Crippen molar-refractivity contribution in [2.24, 2.45) is 0 Å².